The fourth-order valence-corrected chi connectivity index (χ4v) is 3.58. The minimum absolute atomic E-state index is 0.284. The molecule has 0 amide bonds. The maximum atomic E-state index is 11.8. The molecule has 0 N–H and O–H groups in total. The Morgan fingerprint density at radius 3 is 2.79 bits per heavy atom. The molecule has 0 aliphatic carbocycles. The summed E-state index contributed by atoms with van der Waals surface area (Å²) in [7, 11) is 0. The Hall–Kier alpha value is -1.06. The van der Waals surface area contributed by atoms with Crippen LogP contribution < -0.4 is 0 Å². The van der Waals surface area contributed by atoms with Crippen molar-refractivity contribution < 1.29 is 4.79 Å². The van der Waals surface area contributed by atoms with Gasteiger partial charge in [0.2, 0.25) is 0 Å². The third-order valence-corrected chi connectivity index (χ3v) is 5.01. The normalized spacial score (nSPS) is 10.6. The molecule has 0 bridgehead atoms. The van der Waals surface area contributed by atoms with Crippen LogP contribution in [-0.2, 0) is 5.75 Å². The number of carbonyl (C=O) groups excluding carboxylic acids is 1. The van der Waals surface area contributed by atoms with Crippen molar-refractivity contribution in [2.45, 2.75) is 25.5 Å². The quantitative estimate of drug-likeness (QED) is 0.530. The molecule has 1 aromatic carbocycles. The number of thiophene rings is 1. The highest BCUT2D eigenvalue weighted by molar-refractivity contribution is 7.98. The van der Waals surface area contributed by atoms with Crippen LogP contribution in [0.15, 0.2) is 41.8 Å². The molecular formula is C16H18OS2. The average molecular weight is 290 g/mol. The standard InChI is InChI=1S/C16H18OS2/c1-13-6-2-3-7-14(13)12-18-10-4-8-15(17)16-9-5-11-19-16/h2-3,5-7,9,11H,4,8,10,12H2,1H3. The van der Waals surface area contributed by atoms with Gasteiger partial charge in [-0.15, -0.1) is 11.3 Å². The molecule has 1 nitrogen and oxygen atoms in total. The molecule has 0 fully saturated rings. The lowest BCUT2D eigenvalue weighted by atomic mass is 10.1. The molecule has 0 atom stereocenters. The largest absolute Gasteiger partial charge is 0.293 e. The van der Waals surface area contributed by atoms with Gasteiger partial charge in [0.25, 0.3) is 0 Å². The Bertz CT molecular complexity index is 517. The minimum atomic E-state index is 0.284. The number of aryl methyl sites for hydroxylation is 1. The van der Waals surface area contributed by atoms with Crippen LogP contribution in [0, 0.1) is 6.92 Å². The number of Topliss-reactive ketones (excluding diaryl/α,β-unsaturated/α-hetero) is 1. The van der Waals surface area contributed by atoms with Gasteiger partial charge in [0.15, 0.2) is 5.78 Å². The van der Waals surface area contributed by atoms with Crippen molar-refractivity contribution >= 4 is 28.9 Å². The van der Waals surface area contributed by atoms with E-state index in [0.717, 1.165) is 22.8 Å². The van der Waals surface area contributed by atoms with Gasteiger partial charge in [-0.05, 0) is 41.7 Å². The van der Waals surface area contributed by atoms with E-state index in [0.29, 0.717) is 6.42 Å². The Labute approximate surface area is 123 Å². The van der Waals surface area contributed by atoms with Gasteiger partial charge in [-0.25, -0.2) is 0 Å². The van der Waals surface area contributed by atoms with Crippen LogP contribution in [0.3, 0.4) is 0 Å². The van der Waals surface area contributed by atoms with Crippen LogP contribution in [0.5, 0.6) is 0 Å². The first kappa shape index (κ1) is 14.4. The van der Waals surface area contributed by atoms with Crippen molar-refractivity contribution in [3.05, 3.63) is 57.8 Å². The second-order valence-corrected chi connectivity index (χ2v) is 6.54. The van der Waals surface area contributed by atoms with E-state index in [4.69, 9.17) is 0 Å². The Kier molecular flexibility index (Phi) is 5.67. The summed E-state index contributed by atoms with van der Waals surface area (Å²) in [5.74, 6) is 2.37. The second kappa shape index (κ2) is 7.51. The van der Waals surface area contributed by atoms with Gasteiger partial charge in [0.1, 0.15) is 0 Å². The highest BCUT2D eigenvalue weighted by atomic mass is 32.2. The first-order chi connectivity index (χ1) is 9.27. The topological polar surface area (TPSA) is 17.1 Å². The van der Waals surface area contributed by atoms with Gasteiger partial charge in [0.05, 0.1) is 4.88 Å². The van der Waals surface area contributed by atoms with Crippen LogP contribution >= 0.6 is 23.1 Å². The summed E-state index contributed by atoms with van der Waals surface area (Å²) in [5, 5.41) is 1.96. The van der Waals surface area contributed by atoms with E-state index in [-0.39, 0.29) is 5.78 Å². The molecule has 2 aromatic rings. The lowest BCUT2D eigenvalue weighted by Crippen LogP contribution is -1.96. The van der Waals surface area contributed by atoms with E-state index in [9.17, 15) is 4.79 Å². The van der Waals surface area contributed by atoms with E-state index in [1.807, 2.05) is 29.3 Å². The molecule has 1 heterocycles. The summed E-state index contributed by atoms with van der Waals surface area (Å²) in [6.07, 6.45) is 1.63. The third-order valence-electron chi connectivity index (χ3n) is 3.01. The van der Waals surface area contributed by atoms with Crippen LogP contribution in [0.1, 0.15) is 33.6 Å². The molecule has 1 aromatic heterocycles. The van der Waals surface area contributed by atoms with Crippen LogP contribution in [-0.4, -0.2) is 11.5 Å². The van der Waals surface area contributed by atoms with Gasteiger partial charge in [-0.3, -0.25) is 4.79 Å². The summed E-state index contributed by atoms with van der Waals surface area (Å²) < 4.78 is 0. The summed E-state index contributed by atoms with van der Waals surface area (Å²) >= 11 is 3.45. The highest BCUT2D eigenvalue weighted by Gasteiger charge is 2.06. The van der Waals surface area contributed by atoms with Gasteiger partial charge < -0.3 is 0 Å². The fraction of sp³-hybridized carbons (Fsp3) is 0.312. The highest BCUT2D eigenvalue weighted by Crippen LogP contribution is 2.18. The second-order valence-electron chi connectivity index (χ2n) is 4.48. The lowest BCUT2D eigenvalue weighted by Gasteiger charge is -2.05. The van der Waals surface area contributed by atoms with Gasteiger partial charge >= 0.3 is 0 Å². The number of ketones is 1. The number of hydrogen-bond acceptors (Lipinski definition) is 3. The number of thioether (sulfide) groups is 1. The van der Waals surface area contributed by atoms with E-state index in [1.165, 1.54) is 22.5 Å². The molecule has 0 unspecified atom stereocenters. The number of hydrogen-bond donors (Lipinski definition) is 0. The van der Waals surface area contributed by atoms with Crippen molar-refractivity contribution in [3.8, 4) is 0 Å². The third kappa shape index (κ3) is 4.51. The van der Waals surface area contributed by atoms with Crippen molar-refractivity contribution in [1.29, 1.82) is 0 Å². The number of rotatable bonds is 7. The molecule has 0 radical (unpaired) electrons. The molecule has 0 spiro atoms. The zero-order valence-corrected chi connectivity index (χ0v) is 12.7. The SMILES string of the molecule is Cc1ccccc1CSCCCC(=O)c1cccs1. The zero-order valence-electron chi connectivity index (χ0n) is 11.1. The van der Waals surface area contributed by atoms with Crippen LogP contribution in [0.4, 0.5) is 0 Å². The molecule has 0 saturated carbocycles. The van der Waals surface area contributed by atoms with Gasteiger partial charge in [-0.2, -0.15) is 11.8 Å². The van der Waals surface area contributed by atoms with E-state index in [1.54, 1.807) is 0 Å². The summed E-state index contributed by atoms with van der Waals surface area (Å²) in [5.41, 5.74) is 2.75. The van der Waals surface area contributed by atoms with E-state index < -0.39 is 0 Å². The minimum Gasteiger partial charge on any atom is -0.293 e. The first-order valence-corrected chi connectivity index (χ1v) is 8.50. The summed E-state index contributed by atoms with van der Waals surface area (Å²) in [6, 6.07) is 12.3. The Morgan fingerprint density at radius 1 is 1.21 bits per heavy atom. The maximum Gasteiger partial charge on any atom is 0.172 e. The Morgan fingerprint density at radius 2 is 2.05 bits per heavy atom. The molecular weight excluding hydrogens is 272 g/mol. The smallest absolute Gasteiger partial charge is 0.172 e. The van der Waals surface area contributed by atoms with Crippen molar-refractivity contribution in [2.24, 2.45) is 0 Å². The van der Waals surface area contributed by atoms with Crippen LogP contribution in [0.25, 0.3) is 0 Å². The number of carbonyl (C=O) groups is 1. The molecule has 0 aliphatic rings. The van der Waals surface area contributed by atoms with Crippen LogP contribution in [0.2, 0.25) is 0 Å². The maximum absolute atomic E-state index is 11.8. The summed E-state index contributed by atoms with van der Waals surface area (Å²) in [4.78, 5) is 12.7. The van der Waals surface area contributed by atoms with Crippen molar-refractivity contribution in [2.75, 3.05) is 5.75 Å². The monoisotopic (exact) mass is 290 g/mol. The molecule has 3 heteroatoms. The van der Waals surface area contributed by atoms with Crippen molar-refractivity contribution in [3.63, 3.8) is 0 Å². The Balaban J connectivity index is 1.65. The van der Waals surface area contributed by atoms with Gasteiger partial charge in [0, 0.05) is 12.2 Å². The summed E-state index contributed by atoms with van der Waals surface area (Å²) in [6.45, 7) is 2.15. The molecule has 2 rings (SSSR count). The molecule has 100 valence electrons. The fourth-order valence-electron chi connectivity index (χ4n) is 1.85. The predicted octanol–water partition coefficient (Wildman–Crippen LogP) is 4.95. The van der Waals surface area contributed by atoms with Crippen molar-refractivity contribution in [1.82, 2.24) is 0 Å². The number of benzene rings is 1. The molecule has 0 aliphatic heterocycles. The van der Waals surface area contributed by atoms with E-state index >= 15 is 0 Å². The predicted molar refractivity (Wildman–Crippen MR) is 85.2 cm³/mol. The zero-order chi connectivity index (χ0) is 13.5. The average Bonchev–Trinajstić information content (AvgIpc) is 2.94. The van der Waals surface area contributed by atoms with Gasteiger partial charge in [-0.1, -0.05) is 30.3 Å². The van der Waals surface area contributed by atoms with E-state index in [2.05, 4.69) is 31.2 Å². The molecule has 19 heavy (non-hydrogen) atoms. The first-order valence-electron chi connectivity index (χ1n) is 6.46. The molecule has 0 saturated heterocycles. The lowest BCUT2D eigenvalue weighted by molar-refractivity contribution is 0.0986.